The van der Waals surface area contributed by atoms with Crippen molar-refractivity contribution in [2.45, 2.75) is 13.8 Å². The molecule has 0 radical (unpaired) electrons. The summed E-state index contributed by atoms with van der Waals surface area (Å²) in [5.74, 6) is 0.882. The third kappa shape index (κ3) is 3.16. The molecule has 0 spiro atoms. The van der Waals surface area contributed by atoms with E-state index >= 15 is 0 Å². The summed E-state index contributed by atoms with van der Waals surface area (Å²) in [6, 6.07) is 6.08. The Morgan fingerprint density at radius 2 is 1.96 bits per heavy atom. The molecule has 4 heteroatoms. The summed E-state index contributed by atoms with van der Waals surface area (Å²) in [4.78, 5) is 10.2. The number of rotatable bonds is 4. The summed E-state index contributed by atoms with van der Waals surface area (Å²) in [6.45, 7) is 8.85. The Morgan fingerprint density at radius 3 is 2.65 bits per heavy atom. The lowest BCUT2D eigenvalue weighted by atomic mass is 10.1. The Hall–Kier alpha value is -2.88. The van der Waals surface area contributed by atoms with Gasteiger partial charge in [-0.1, -0.05) is 12.7 Å². The molecule has 0 fully saturated rings. The minimum Gasteiger partial charge on any atom is -0.494 e. The minimum atomic E-state index is 0.663. The van der Waals surface area contributed by atoms with Crippen LogP contribution >= 0.6 is 0 Å². The first kappa shape index (κ1) is 15.0. The van der Waals surface area contributed by atoms with Crippen LogP contribution in [0.25, 0.3) is 5.57 Å². The van der Waals surface area contributed by atoms with E-state index in [0.29, 0.717) is 6.61 Å². The van der Waals surface area contributed by atoms with E-state index in [9.17, 15) is 0 Å². The van der Waals surface area contributed by atoms with E-state index in [0.717, 1.165) is 33.8 Å². The van der Waals surface area contributed by atoms with E-state index in [-0.39, 0.29) is 0 Å². The maximum atomic E-state index is 5.56. The van der Waals surface area contributed by atoms with Crippen LogP contribution in [0, 0.1) is 6.92 Å². The van der Waals surface area contributed by atoms with Crippen LogP contribution in [0.15, 0.2) is 67.5 Å². The molecule has 1 aliphatic rings. The Labute approximate surface area is 136 Å². The number of hydrogen-bond donors (Lipinski definition) is 0. The van der Waals surface area contributed by atoms with Crippen molar-refractivity contribution in [3.8, 4) is 5.75 Å². The number of ether oxygens (including phenoxy) is 1. The zero-order chi connectivity index (χ0) is 16.2. The fourth-order valence-electron chi connectivity index (χ4n) is 2.53. The average Bonchev–Trinajstić information content (AvgIpc) is 2.57. The van der Waals surface area contributed by atoms with Crippen molar-refractivity contribution in [3.63, 3.8) is 0 Å². The van der Waals surface area contributed by atoms with Crippen LogP contribution in [0.1, 0.15) is 18.1 Å². The van der Waals surface area contributed by atoms with Gasteiger partial charge in [0, 0.05) is 41.1 Å². The largest absolute Gasteiger partial charge is 0.494 e. The summed E-state index contributed by atoms with van der Waals surface area (Å²) in [5.41, 5.74) is 5.15. The number of aromatic nitrogens is 2. The molecule has 23 heavy (non-hydrogen) atoms. The van der Waals surface area contributed by atoms with Crippen molar-refractivity contribution in [1.82, 2.24) is 9.97 Å². The molecule has 1 aliphatic heterocycles. The molecule has 0 bridgehead atoms. The lowest BCUT2D eigenvalue weighted by molar-refractivity contribution is 0.340. The second-order valence-electron chi connectivity index (χ2n) is 5.29. The van der Waals surface area contributed by atoms with Gasteiger partial charge in [0.2, 0.25) is 0 Å². The van der Waals surface area contributed by atoms with E-state index in [4.69, 9.17) is 4.74 Å². The van der Waals surface area contributed by atoms with Crippen LogP contribution in [0.4, 0.5) is 5.69 Å². The molecular weight excluding hydrogens is 286 g/mol. The van der Waals surface area contributed by atoms with E-state index in [2.05, 4.69) is 40.6 Å². The van der Waals surface area contributed by atoms with Gasteiger partial charge in [-0.2, -0.15) is 0 Å². The van der Waals surface area contributed by atoms with Crippen LogP contribution in [0.5, 0.6) is 5.75 Å². The highest BCUT2D eigenvalue weighted by Crippen LogP contribution is 2.32. The first-order valence-corrected chi connectivity index (χ1v) is 7.56. The van der Waals surface area contributed by atoms with Crippen molar-refractivity contribution >= 4 is 11.3 Å². The minimum absolute atomic E-state index is 0.663. The van der Waals surface area contributed by atoms with Gasteiger partial charge in [-0.3, -0.25) is 0 Å². The van der Waals surface area contributed by atoms with Gasteiger partial charge in [-0.15, -0.1) is 0 Å². The predicted molar refractivity (Wildman–Crippen MR) is 93.1 cm³/mol. The van der Waals surface area contributed by atoms with Gasteiger partial charge in [-0.25, -0.2) is 9.97 Å². The molecule has 2 aromatic rings. The zero-order valence-corrected chi connectivity index (χ0v) is 13.4. The second kappa shape index (κ2) is 6.48. The summed E-state index contributed by atoms with van der Waals surface area (Å²) in [7, 11) is 0. The molecule has 0 N–H and O–H groups in total. The molecule has 1 aromatic carbocycles. The molecule has 0 aliphatic carbocycles. The fourth-order valence-corrected chi connectivity index (χ4v) is 2.53. The highest BCUT2D eigenvalue weighted by atomic mass is 16.5. The van der Waals surface area contributed by atoms with Crippen LogP contribution in [0.3, 0.4) is 0 Å². The highest BCUT2D eigenvalue weighted by Gasteiger charge is 2.15. The summed E-state index contributed by atoms with van der Waals surface area (Å²) in [6.07, 6.45) is 11.2. The molecule has 4 nitrogen and oxygen atoms in total. The van der Waals surface area contributed by atoms with E-state index in [1.807, 2.05) is 31.2 Å². The highest BCUT2D eigenvalue weighted by molar-refractivity contribution is 5.81. The SMILES string of the molecule is C=C1C=CC(c2cncnc2)=CN1c1ccc(OCC)cc1C. The average molecular weight is 305 g/mol. The monoisotopic (exact) mass is 305 g/mol. The van der Waals surface area contributed by atoms with Gasteiger partial charge in [0.25, 0.3) is 0 Å². The first-order chi connectivity index (χ1) is 11.2. The number of hydrogen-bond acceptors (Lipinski definition) is 4. The van der Waals surface area contributed by atoms with Crippen molar-refractivity contribution in [3.05, 3.63) is 78.7 Å². The van der Waals surface area contributed by atoms with Gasteiger partial charge in [0.05, 0.1) is 6.61 Å². The maximum Gasteiger partial charge on any atom is 0.119 e. The van der Waals surface area contributed by atoms with Gasteiger partial charge < -0.3 is 9.64 Å². The Balaban J connectivity index is 1.97. The maximum absolute atomic E-state index is 5.56. The lowest BCUT2D eigenvalue weighted by Crippen LogP contribution is -2.17. The molecule has 0 atom stereocenters. The Kier molecular flexibility index (Phi) is 4.24. The number of benzene rings is 1. The van der Waals surface area contributed by atoms with Crippen LogP contribution in [-0.2, 0) is 0 Å². The Bertz CT molecular complexity index is 778. The topological polar surface area (TPSA) is 38.2 Å². The first-order valence-electron chi connectivity index (χ1n) is 7.56. The second-order valence-corrected chi connectivity index (χ2v) is 5.29. The number of allylic oxidation sites excluding steroid dienone is 3. The third-order valence-corrected chi connectivity index (χ3v) is 3.67. The predicted octanol–water partition coefficient (Wildman–Crippen LogP) is 4.11. The van der Waals surface area contributed by atoms with Crippen LogP contribution in [-0.4, -0.2) is 16.6 Å². The molecular formula is C19H19N3O. The van der Waals surface area contributed by atoms with E-state index in [1.54, 1.807) is 12.4 Å². The third-order valence-electron chi connectivity index (χ3n) is 3.67. The molecule has 2 heterocycles. The van der Waals surface area contributed by atoms with Gasteiger partial charge in [0.15, 0.2) is 0 Å². The summed E-state index contributed by atoms with van der Waals surface area (Å²) < 4.78 is 5.56. The summed E-state index contributed by atoms with van der Waals surface area (Å²) >= 11 is 0. The molecule has 0 saturated heterocycles. The number of nitrogens with zero attached hydrogens (tertiary/aromatic N) is 3. The molecule has 3 rings (SSSR count). The standard InChI is InChI=1S/C19H19N3O/c1-4-23-18-7-8-19(14(2)9-18)22-12-16(6-5-15(22)3)17-10-20-13-21-11-17/h5-13H,3-4H2,1-2H3. The van der Waals surface area contributed by atoms with Crippen molar-refractivity contribution in [2.24, 2.45) is 0 Å². The molecule has 116 valence electrons. The number of aryl methyl sites for hydroxylation is 1. The van der Waals surface area contributed by atoms with E-state index < -0.39 is 0 Å². The van der Waals surface area contributed by atoms with Crippen molar-refractivity contribution < 1.29 is 4.74 Å². The molecule has 0 unspecified atom stereocenters. The smallest absolute Gasteiger partial charge is 0.119 e. The van der Waals surface area contributed by atoms with Crippen molar-refractivity contribution in [2.75, 3.05) is 11.5 Å². The van der Waals surface area contributed by atoms with Gasteiger partial charge in [0.1, 0.15) is 12.1 Å². The number of anilines is 1. The van der Waals surface area contributed by atoms with Gasteiger partial charge >= 0.3 is 0 Å². The molecule has 1 aromatic heterocycles. The normalized spacial score (nSPS) is 13.9. The Morgan fingerprint density at radius 1 is 1.17 bits per heavy atom. The van der Waals surface area contributed by atoms with Crippen molar-refractivity contribution in [1.29, 1.82) is 0 Å². The van der Waals surface area contributed by atoms with Gasteiger partial charge in [-0.05, 0) is 43.7 Å². The molecule has 0 amide bonds. The van der Waals surface area contributed by atoms with Crippen LogP contribution in [0.2, 0.25) is 0 Å². The zero-order valence-electron chi connectivity index (χ0n) is 13.4. The van der Waals surface area contributed by atoms with Crippen LogP contribution < -0.4 is 9.64 Å². The fraction of sp³-hybridized carbons (Fsp3) is 0.158. The summed E-state index contributed by atoms with van der Waals surface area (Å²) in [5, 5.41) is 0. The lowest BCUT2D eigenvalue weighted by Gasteiger charge is -2.27. The van der Waals surface area contributed by atoms with E-state index in [1.165, 1.54) is 6.33 Å². The quantitative estimate of drug-likeness (QED) is 0.852. The molecule has 0 saturated carbocycles.